The van der Waals surface area contributed by atoms with Gasteiger partial charge in [-0.3, -0.25) is 4.79 Å². The molecule has 0 aliphatic carbocycles. The lowest BCUT2D eigenvalue weighted by Gasteiger charge is -2.32. The van der Waals surface area contributed by atoms with Crippen LogP contribution in [-0.2, 0) is 13.0 Å². The lowest BCUT2D eigenvalue weighted by Crippen LogP contribution is -2.39. The molecule has 0 radical (unpaired) electrons. The molecule has 1 aromatic heterocycles. The molecule has 2 heterocycles. The highest BCUT2D eigenvalue weighted by Gasteiger charge is 2.27. The van der Waals surface area contributed by atoms with Gasteiger partial charge in [-0.2, -0.15) is 0 Å². The third-order valence-electron chi connectivity index (χ3n) is 5.64. The van der Waals surface area contributed by atoms with Gasteiger partial charge in [0.25, 0.3) is 5.91 Å². The molecule has 0 bridgehead atoms. The first-order valence-electron chi connectivity index (χ1n) is 10.8. The van der Waals surface area contributed by atoms with Gasteiger partial charge in [-0.1, -0.05) is 37.3 Å². The molecule has 1 atom stereocenters. The van der Waals surface area contributed by atoms with Crippen LogP contribution in [0.15, 0.2) is 53.9 Å². The van der Waals surface area contributed by atoms with Crippen LogP contribution in [-0.4, -0.2) is 36.0 Å². The molecule has 31 heavy (non-hydrogen) atoms. The van der Waals surface area contributed by atoms with Crippen molar-refractivity contribution in [1.82, 2.24) is 9.88 Å². The number of carbonyl (C=O) groups excluding carboxylic acids is 1. The van der Waals surface area contributed by atoms with Crippen molar-refractivity contribution in [3.8, 4) is 11.5 Å². The molecule has 1 fully saturated rings. The average Bonchev–Trinajstić information content (AvgIpc) is 3.32. The summed E-state index contributed by atoms with van der Waals surface area (Å²) in [6.45, 7) is 4.06. The van der Waals surface area contributed by atoms with Crippen LogP contribution in [0.2, 0.25) is 0 Å². The number of nitrogens with zero attached hydrogens (tertiary/aromatic N) is 2. The van der Waals surface area contributed by atoms with E-state index in [4.69, 9.17) is 14.5 Å². The number of rotatable bonds is 7. The van der Waals surface area contributed by atoms with Crippen molar-refractivity contribution in [3.05, 3.63) is 75.7 Å². The normalized spacial score (nSPS) is 16.2. The first-order valence-corrected chi connectivity index (χ1v) is 11.6. The smallest absolute Gasteiger partial charge is 0.254 e. The zero-order valence-electron chi connectivity index (χ0n) is 18.0. The van der Waals surface area contributed by atoms with Crippen molar-refractivity contribution < 1.29 is 14.3 Å². The molecule has 1 aliphatic heterocycles. The quantitative estimate of drug-likeness (QED) is 0.503. The third-order valence-corrected chi connectivity index (χ3v) is 6.69. The molecule has 0 saturated carbocycles. The van der Waals surface area contributed by atoms with Crippen LogP contribution in [0.4, 0.5) is 0 Å². The first kappa shape index (κ1) is 21.4. The molecule has 4 rings (SSSR count). The van der Waals surface area contributed by atoms with Crippen LogP contribution in [0.3, 0.4) is 0 Å². The largest absolute Gasteiger partial charge is 0.493 e. The molecule has 2 aromatic carbocycles. The predicted octanol–water partition coefficient (Wildman–Crippen LogP) is 5.31. The number of hydrogen-bond donors (Lipinski definition) is 0. The number of piperidine rings is 1. The summed E-state index contributed by atoms with van der Waals surface area (Å²) in [5, 5.41) is 3.28. The Kier molecular flexibility index (Phi) is 6.87. The molecule has 1 unspecified atom stereocenters. The minimum atomic E-state index is 0.0323. The van der Waals surface area contributed by atoms with Crippen LogP contribution in [0, 0.1) is 0 Å². The van der Waals surface area contributed by atoms with Gasteiger partial charge in [0, 0.05) is 30.0 Å². The van der Waals surface area contributed by atoms with Gasteiger partial charge in [0.15, 0.2) is 11.5 Å². The van der Waals surface area contributed by atoms with Crippen molar-refractivity contribution >= 4 is 17.2 Å². The second kappa shape index (κ2) is 9.96. The van der Waals surface area contributed by atoms with E-state index in [-0.39, 0.29) is 5.91 Å². The molecule has 5 nitrogen and oxygen atoms in total. The summed E-state index contributed by atoms with van der Waals surface area (Å²) in [6, 6.07) is 15.4. The number of likely N-dealkylation sites (tertiary alicyclic amines) is 1. The minimum Gasteiger partial charge on any atom is -0.493 e. The Morgan fingerprint density at radius 1 is 1.19 bits per heavy atom. The highest BCUT2D eigenvalue weighted by atomic mass is 32.1. The fourth-order valence-electron chi connectivity index (χ4n) is 3.87. The fourth-order valence-corrected chi connectivity index (χ4v) is 4.90. The molecule has 0 N–H and O–H groups in total. The molecule has 1 saturated heterocycles. The molecule has 1 aliphatic rings. The number of carbonyl (C=O) groups is 1. The summed E-state index contributed by atoms with van der Waals surface area (Å²) in [7, 11) is 1.60. The molecule has 3 aromatic rings. The number of aryl methyl sites for hydroxylation is 1. The Morgan fingerprint density at radius 3 is 2.77 bits per heavy atom. The van der Waals surface area contributed by atoms with Crippen LogP contribution >= 0.6 is 11.3 Å². The summed E-state index contributed by atoms with van der Waals surface area (Å²) in [5.74, 6) is 1.56. The van der Waals surface area contributed by atoms with Gasteiger partial charge >= 0.3 is 0 Å². The summed E-state index contributed by atoms with van der Waals surface area (Å²) >= 11 is 1.72. The maximum Gasteiger partial charge on any atom is 0.254 e. The van der Waals surface area contributed by atoms with Crippen molar-refractivity contribution in [3.63, 3.8) is 0 Å². The van der Waals surface area contributed by atoms with E-state index in [2.05, 4.69) is 12.3 Å². The van der Waals surface area contributed by atoms with Crippen molar-refractivity contribution in [1.29, 1.82) is 0 Å². The molecule has 1 amide bonds. The Hall–Kier alpha value is -2.86. The topological polar surface area (TPSA) is 51.7 Å². The summed E-state index contributed by atoms with van der Waals surface area (Å²) in [5.41, 5.74) is 2.84. The van der Waals surface area contributed by atoms with Crippen LogP contribution in [0.5, 0.6) is 11.5 Å². The van der Waals surface area contributed by atoms with Crippen molar-refractivity contribution in [2.45, 2.75) is 38.7 Å². The van der Waals surface area contributed by atoms with E-state index in [1.807, 2.05) is 47.4 Å². The summed E-state index contributed by atoms with van der Waals surface area (Å²) < 4.78 is 11.4. The summed E-state index contributed by atoms with van der Waals surface area (Å²) in [6.07, 6.45) is 3.02. The molecular formula is C25H28N2O3S. The van der Waals surface area contributed by atoms with E-state index >= 15 is 0 Å². The number of aromatic nitrogens is 1. The minimum absolute atomic E-state index is 0.0323. The number of hydrogen-bond acceptors (Lipinski definition) is 5. The molecule has 162 valence electrons. The second-order valence-corrected chi connectivity index (χ2v) is 8.65. The van der Waals surface area contributed by atoms with E-state index in [9.17, 15) is 4.79 Å². The lowest BCUT2D eigenvalue weighted by molar-refractivity contribution is 0.0706. The predicted molar refractivity (Wildman–Crippen MR) is 123 cm³/mol. The Labute approximate surface area is 187 Å². The maximum absolute atomic E-state index is 13.2. The van der Waals surface area contributed by atoms with Gasteiger partial charge in [-0.15, -0.1) is 11.3 Å². The molecule has 6 heteroatoms. The van der Waals surface area contributed by atoms with E-state index in [1.165, 1.54) is 0 Å². The van der Waals surface area contributed by atoms with E-state index < -0.39 is 0 Å². The Bertz CT molecular complexity index is 1020. The SMILES string of the molecule is CCc1csc(C2CCCN(C(=O)c3ccc(OCc4ccccc4)c(OC)c3)C2)n1. The number of thiazole rings is 1. The van der Waals surface area contributed by atoms with E-state index in [0.29, 0.717) is 36.1 Å². The van der Waals surface area contributed by atoms with Gasteiger partial charge in [-0.25, -0.2) is 4.98 Å². The Morgan fingerprint density at radius 2 is 2.03 bits per heavy atom. The summed E-state index contributed by atoms with van der Waals surface area (Å²) in [4.78, 5) is 19.9. The van der Waals surface area contributed by atoms with Crippen LogP contribution < -0.4 is 9.47 Å². The van der Waals surface area contributed by atoms with Gasteiger partial charge in [0.05, 0.1) is 17.8 Å². The zero-order valence-corrected chi connectivity index (χ0v) is 18.9. The van der Waals surface area contributed by atoms with E-state index in [0.717, 1.165) is 42.1 Å². The average molecular weight is 437 g/mol. The van der Waals surface area contributed by atoms with Crippen LogP contribution in [0.1, 0.15) is 52.3 Å². The number of methoxy groups -OCH3 is 1. The highest BCUT2D eigenvalue weighted by Crippen LogP contribution is 2.32. The standard InChI is InChI=1S/C25H28N2O3S/c1-3-21-17-31-24(26-21)20-10-7-13-27(15-20)25(28)19-11-12-22(23(14-19)29-2)30-16-18-8-5-4-6-9-18/h4-6,8-9,11-12,14,17,20H,3,7,10,13,15-16H2,1-2H3. The second-order valence-electron chi connectivity index (χ2n) is 7.76. The van der Waals surface area contributed by atoms with Gasteiger partial charge in [0.1, 0.15) is 6.61 Å². The fraction of sp³-hybridized carbons (Fsp3) is 0.360. The Balaban J connectivity index is 1.44. The first-order chi connectivity index (χ1) is 15.2. The van der Waals surface area contributed by atoms with Crippen molar-refractivity contribution in [2.24, 2.45) is 0 Å². The maximum atomic E-state index is 13.2. The van der Waals surface area contributed by atoms with Crippen LogP contribution in [0.25, 0.3) is 0 Å². The zero-order chi connectivity index (χ0) is 21.6. The van der Waals surface area contributed by atoms with Crippen molar-refractivity contribution in [2.75, 3.05) is 20.2 Å². The van der Waals surface area contributed by atoms with E-state index in [1.54, 1.807) is 24.5 Å². The third kappa shape index (κ3) is 5.07. The highest BCUT2D eigenvalue weighted by molar-refractivity contribution is 7.09. The monoisotopic (exact) mass is 436 g/mol. The molecular weight excluding hydrogens is 408 g/mol. The van der Waals surface area contributed by atoms with Gasteiger partial charge in [-0.05, 0) is 43.0 Å². The van der Waals surface area contributed by atoms with Gasteiger partial charge < -0.3 is 14.4 Å². The number of amides is 1. The number of ether oxygens (including phenoxy) is 2. The number of benzene rings is 2. The molecule has 0 spiro atoms. The lowest BCUT2D eigenvalue weighted by atomic mass is 9.98. The van der Waals surface area contributed by atoms with Gasteiger partial charge in [0.2, 0.25) is 0 Å².